The number of halogens is 1. The smallest absolute Gasteiger partial charge is 0.244 e. The van der Waals surface area contributed by atoms with Crippen molar-refractivity contribution in [2.75, 3.05) is 23.3 Å². The van der Waals surface area contributed by atoms with Crippen molar-refractivity contribution in [1.29, 1.82) is 0 Å². The van der Waals surface area contributed by atoms with Gasteiger partial charge in [0, 0.05) is 12.7 Å². The van der Waals surface area contributed by atoms with Crippen molar-refractivity contribution in [3.05, 3.63) is 17.3 Å². The molecule has 0 unspecified atom stereocenters. The van der Waals surface area contributed by atoms with Gasteiger partial charge in [-0.3, -0.25) is 4.79 Å². The third kappa shape index (κ3) is 1.53. The number of likely N-dealkylation sites (N-methyl/N-ethyl adjacent to an activating group) is 1. The molecule has 1 aromatic rings. The zero-order chi connectivity index (χ0) is 10.1. The van der Waals surface area contributed by atoms with Crippen molar-refractivity contribution < 1.29 is 4.79 Å². The summed E-state index contributed by atoms with van der Waals surface area (Å²) in [5, 5.41) is 3.27. The zero-order valence-corrected chi connectivity index (χ0v) is 8.51. The fraction of sp³-hybridized carbons (Fsp3) is 0.333. The standard InChI is InChI=1S/C9H10ClN3O/c1-2-13-5-8(14)12-7-3-6(10)4-11-9(7)13/h3-4H,2,5H2,1H3,(H,12,14). The highest BCUT2D eigenvalue weighted by molar-refractivity contribution is 6.31. The van der Waals surface area contributed by atoms with E-state index < -0.39 is 0 Å². The van der Waals surface area contributed by atoms with Crippen LogP contribution in [0.1, 0.15) is 6.92 Å². The van der Waals surface area contributed by atoms with Gasteiger partial charge in [-0.15, -0.1) is 0 Å². The first-order valence-electron chi connectivity index (χ1n) is 4.41. The van der Waals surface area contributed by atoms with Crippen molar-refractivity contribution in [3.8, 4) is 0 Å². The summed E-state index contributed by atoms with van der Waals surface area (Å²) < 4.78 is 0. The average molecular weight is 212 g/mol. The van der Waals surface area contributed by atoms with Crippen LogP contribution in [0.25, 0.3) is 0 Å². The third-order valence-corrected chi connectivity index (χ3v) is 2.33. The maximum absolute atomic E-state index is 11.3. The minimum Gasteiger partial charge on any atom is -0.346 e. The molecule has 0 atom stereocenters. The minimum atomic E-state index is -0.0246. The lowest BCUT2D eigenvalue weighted by Gasteiger charge is -2.28. The highest BCUT2D eigenvalue weighted by Crippen LogP contribution is 2.28. The Hall–Kier alpha value is -1.29. The Bertz CT molecular complexity index is 380. The van der Waals surface area contributed by atoms with Crippen molar-refractivity contribution in [2.45, 2.75) is 6.92 Å². The maximum atomic E-state index is 11.3. The van der Waals surface area contributed by atoms with Gasteiger partial charge in [0.2, 0.25) is 5.91 Å². The van der Waals surface area contributed by atoms with E-state index in [1.807, 2.05) is 11.8 Å². The van der Waals surface area contributed by atoms with Crippen molar-refractivity contribution >= 4 is 29.0 Å². The number of rotatable bonds is 1. The molecular formula is C9H10ClN3O. The van der Waals surface area contributed by atoms with E-state index in [1.54, 1.807) is 12.3 Å². The fourth-order valence-corrected chi connectivity index (χ4v) is 1.63. The number of nitrogens with zero attached hydrogens (tertiary/aromatic N) is 2. The van der Waals surface area contributed by atoms with Crippen LogP contribution in [0.3, 0.4) is 0 Å². The molecule has 0 spiro atoms. The van der Waals surface area contributed by atoms with Gasteiger partial charge in [-0.1, -0.05) is 11.6 Å². The van der Waals surface area contributed by atoms with Crippen LogP contribution in [0.4, 0.5) is 11.5 Å². The molecule has 74 valence electrons. The van der Waals surface area contributed by atoms with Crippen molar-refractivity contribution in [3.63, 3.8) is 0 Å². The summed E-state index contributed by atoms with van der Waals surface area (Å²) in [6.07, 6.45) is 1.58. The minimum absolute atomic E-state index is 0.0246. The van der Waals surface area contributed by atoms with Crippen LogP contribution in [0.5, 0.6) is 0 Å². The summed E-state index contributed by atoms with van der Waals surface area (Å²) >= 11 is 5.78. The lowest BCUT2D eigenvalue weighted by atomic mass is 10.3. The molecule has 0 radical (unpaired) electrons. The Morgan fingerprint density at radius 2 is 2.50 bits per heavy atom. The molecule has 14 heavy (non-hydrogen) atoms. The summed E-state index contributed by atoms with van der Waals surface area (Å²) in [7, 11) is 0. The molecule has 1 aliphatic rings. The van der Waals surface area contributed by atoms with E-state index in [4.69, 9.17) is 11.6 Å². The number of carbonyl (C=O) groups excluding carboxylic acids is 1. The SMILES string of the molecule is CCN1CC(=O)Nc2cc(Cl)cnc21. The largest absolute Gasteiger partial charge is 0.346 e. The number of pyridine rings is 1. The van der Waals surface area contributed by atoms with Crippen molar-refractivity contribution in [1.82, 2.24) is 4.98 Å². The van der Waals surface area contributed by atoms with E-state index in [0.717, 1.165) is 12.4 Å². The zero-order valence-electron chi connectivity index (χ0n) is 7.75. The first-order valence-corrected chi connectivity index (χ1v) is 4.79. The molecule has 1 amide bonds. The predicted octanol–water partition coefficient (Wildman–Crippen LogP) is 1.51. The number of anilines is 2. The van der Waals surface area contributed by atoms with Crippen LogP contribution in [0, 0.1) is 0 Å². The van der Waals surface area contributed by atoms with Crippen LogP contribution in [0.15, 0.2) is 12.3 Å². The molecule has 0 fully saturated rings. The first-order chi connectivity index (χ1) is 6.70. The van der Waals surface area contributed by atoms with E-state index in [1.165, 1.54) is 0 Å². The molecule has 1 aromatic heterocycles. The molecule has 2 heterocycles. The van der Waals surface area contributed by atoms with Gasteiger partial charge in [0.25, 0.3) is 0 Å². The maximum Gasteiger partial charge on any atom is 0.244 e. The van der Waals surface area contributed by atoms with Crippen molar-refractivity contribution in [2.24, 2.45) is 0 Å². The molecule has 0 aliphatic carbocycles. The molecule has 1 N–H and O–H groups in total. The van der Waals surface area contributed by atoms with Gasteiger partial charge in [-0.2, -0.15) is 0 Å². The summed E-state index contributed by atoms with van der Waals surface area (Å²) in [5.74, 6) is 0.764. The highest BCUT2D eigenvalue weighted by Gasteiger charge is 2.21. The second-order valence-corrected chi connectivity index (χ2v) is 3.52. The number of nitrogens with one attached hydrogen (secondary N) is 1. The summed E-state index contributed by atoms with van der Waals surface area (Å²) in [6, 6.07) is 1.71. The summed E-state index contributed by atoms with van der Waals surface area (Å²) in [5.41, 5.74) is 0.690. The van der Waals surface area contributed by atoms with E-state index in [0.29, 0.717) is 17.3 Å². The molecule has 2 rings (SSSR count). The predicted molar refractivity (Wildman–Crippen MR) is 55.8 cm³/mol. The third-order valence-electron chi connectivity index (χ3n) is 2.12. The van der Waals surface area contributed by atoms with Gasteiger partial charge in [-0.05, 0) is 13.0 Å². The van der Waals surface area contributed by atoms with Crippen LogP contribution in [0.2, 0.25) is 5.02 Å². The van der Waals surface area contributed by atoms with Gasteiger partial charge in [-0.25, -0.2) is 4.98 Å². The summed E-state index contributed by atoms with van der Waals surface area (Å²) in [6.45, 7) is 3.10. The van der Waals surface area contributed by atoms with E-state index >= 15 is 0 Å². The topological polar surface area (TPSA) is 45.2 Å². The average Bonchev–Trinajstić information content (AvgIpc) is 2.15. The Kier molecular flexibility index (Phi) is 2.29. The Morgan fingerprint density at radius 3 is 3.21 bits per heavy atom. The molecule has 0 aromatic carbocycles. The molecule has 0 saturated heterocycles. The Morgan fingerprint density at radius 1 is 1.71 bits per heavy atom. The molecule has 1 aliphatic heterocycles. The van der Waals surface area contributed by atoms with E-state index in [-0.39, 0.29) is 5.91 Å². The van der Waals surface area contributed by atoms with Gasteiger partial charge >= 0.3 is 0 Å². The molecule has 4 nitrogen and oxygen atoms in total. The molecule has 5 heteroatoms. The normalized spacial score (nSPS) is 15.0. The second-order valence-electron chi connectivity index (χ2n) is 3.09. The lowest BCUT2D eigenvalue weighted by Crippen LogP contribution is -2.38. The molecular weight excluding hydrogens is 202 g/mol. The Balaban J connectivity index is 2.45. The van der Waals surface area contributed by atoms with Gasteiger partial charge in [0.05, 0.1) is 17.3 Å². The van der Waals surface area contributed by atoms with Crippen LogP contribution < -0.4 is 10.2 Å². The van der Waals surface area contributed by atoms with E-state index in [2.05, 4.69) is 10.3 Å². The van der Waals surface area contributed by atoms with Crippen LogP contribution in [-0.4, -0.2) is 24.0 Å². The molecule has 0 bridgehead atoms. The Labute approximate surface area is 86.9 Å². The number of hydrogen-bond acceptors (Lipinski definition) is 3. The number of hydrogen-bond donors (Lipinski definition) is 1. The molecule has 0 saturated carbocycles. The lowest BCUT2D eigenvalue weighted by molar-refractivity contribution is -0.115. The van der Waals surface area contributed by atoms with Crippen LogP contribution in [-0.2, 0) is 4.79 Å². The van der Waals surface area contributed by atoms with Crippen LogP contribution >= 0.6 is 11.6 Å². The fourth-order valence-electron chi connectivity index (χ4n) is 1.48. The van der Waals surface area contributed by atoms with E-state index in [9.17, 15) is 4.79 Å². The second kappa shape index (κ2) is 3.46. The first kappa shape index (κ1) is 9.27. The quantitative estimate of drug-likeness (QED) is 0.766. The van der Waals surface area contributed by atoms with Gasteiger partial charge in [0.1, 0.15) is 0 Å². The number of aromatic nitrogens is 1. The van der Waals surface area contributed by atoms with Gasteiger partial charge in [0.15, 0.2) is 5.82 Å². The highest BCUT2D eigenvalue weighted by atomic mass is 35.5. The number of fused-ring (bicyclic) bond motifs is 1. The monoisotopic (exact) mass is 211 g/mol. The number of amides is 1. The number of carbonyl (C=O) groups is 1. The van der Waals surface area contributed by atoms with Gasteiger partial charge < -0.3 is 10.2 Å². The summed E-state index contributed by atoms with van der Waals surface area (Å²) in [4.78, 5) is 17.4.